The van der Waals surface area contributed by atoms with E-state index in [0.717, 1.165) is 18.4 Å². The average Bonchev–Trinajstić information content (AvgIpc) is 2.57. The summed E-state index contributed by atoms with van der Waals surface area (Å²) in [6.07, 6.45) is 7.19. The minimum Gasteiger partial charge on any atom is -0.0654 e. The second-order valence-corrected chi connectivity index (χ2v) is 5.77. The largest absolute Gasteiger partial charge is 0.0654 e. The molecule has 0 aliphatic rings. The standard InChI is InChI=1S/C22H26/c1-3-5-13-20-15-10-16-21(14-6-4-2)22(20)18-17-19-11-8-7-9-12-19/h7-12,15-16H,3-6,13-14H2,1-2H3. The molecule has 0 radical (unpaired) electrons. The van der Waals surface area contributed by atoms with Gasteiger partial charge in [-0.05, 0) is 48.9 Å². The van der Waals surface area contributed by atoms with Crippen molar-refractivity contribution in [2.45, 2.75) is 52.4 Å². The Kier molecular flexibility index (Phi) is 6.78. The summed E-state index contributed by atoms with van der Waals surface area (Å²) < 4.78 is 0. The Morgan fingerprint density at radius 3 is 1.82 bits per heavy atom. The van der Waals surface area contributed by atoms with Crippen molar-refractivity contribution in [3.8, 4) is 11.8 Å². The topological polar surface area (TPSA) is 0 Å². The highest BCUT2D eigenvalue weighted by molar-refractivity contribution is 5.51. The molecule has 0 nitrogen and oxygen atoms in total. The van der Waals surface area contributed by atoms with E-state index in [1.54, 1.807) is 0 Å². The van der Waals surface area contributed by atoms with Gasteiger partial charge in [-0.15, -0.1) is 0 Å². The molecular weight excluding hydrogens is 264 g/mol. The maximum absolute atomic E-state index is 3.47. The van der Waals surface area contributed by atoms with Crippen molar-refractivity contribution in [2.75, 3.05) is 0 Å². The van der Waals surface area contributed by atoms with Crippen molar-refractivity contribution >= 4 is 0 Å². The van der Waals surface area contributed by atoms with Crippen LogP contribution < -0.4 is 0 Å². The van der Waals surface area contributed by atoms with Gasteiger partial charge >= 0.3 is 0 Å². The van der Waals surface area contributed by atoms with Crippen LogP contribution in [-0.2, 0) is 12.8 Å². The maximum Gasteiger partial charge on any atom is 0.0313 e. The Labute approximate surface area is 135 Å². The fraction of sp³-hybridized carbons (Fsp3) is 0.364. The molecule has 0 spiro atoms. The summed E-state index contributed by atoms with van der Waals surface area (Å²) in [5.41, 5.74) is 5.19. The zero-order chi connectivity index (χ0) is 15.6. The molecule has 2 aromatic rings. The van der Waals surface area contributed by atoms with Crippen LogP contribution in [0.5, 0.6) is 0 Å². The Hall–Kier alpha value is -2.00. The van der Waals surface area contributed by atoms with E-state index in [-0.39, 0.29) is 0 Å². The molecule has 0 N–H and O–H groups in total. The molecule has 0 unspecified atom stereocenters. The van der Waals surface area contributed by atoms with Gasteiger partial charge in [-0.25, -0.2) is 0 Å². The summed E-state index contributed by atoms with van der Waals surface area (Å²) in [6.45, 7) is 4.49. The van der Waals surface area contributed by atoms with Gasteiger partial charge in [-0.2, -0.15) is 0 Å². The first-order chi connectivity index (χ1) is 10.8. The molecule has 114 valence electrons. The van der Waals surface area contributed by atoms with Gasteiger partial charge in [0, 0.05) is 11.1 Å². The molecule has 0 aromatic heterocycles. The van der Waals surface area contributed by atoms with Crippen LogP contribution in [0, 0.1) is 11.8 Å². The van der Waals surface area contributed by atoms with Crippen molar-refractivity contribution in [3.05, 3.63) is 70.8 Å². The lowest BCUT2D eigenvalue weighted by molar-refractivity contribution is 0.778. The van der Waals surface area contributed by atoms with Crippen LogP contribution in [-0.4, -0.2) is 0 Å². The molecule has 2 rings (SSSR count). The monoisotopic (exact) mass is 290 g/mol. The molecule has 0 heteroatoms. The van der Waals surface area contributed by atoms with E-state index in [2.05, 4.69) is 56.0 Å². The molecule has 0 bridgehead atoms. The van der Waals surface area contributed by atoms with E-state index in [4.69, 9.17) is 0 Å². The molecule has 0 aliphatic heterocycles. The molecule has 22 heavy (non-hydrogen) atoms. The molecule has 0 atom stereocenters. The van der Waals surface area contributed by atoms with Crippen molar-refractivity contribution in [1.82, 2.24) is 0 Å². The number of hydrogen-bond donors (Lipinski definition) is 0. The number of rotatable bonds is 6. The van der Waals surface area contributed by atoms with Crippen LogP contribution in [0.3, 0.4) is 0 Å². The smallest absolute Gasteiger partial charge is 0.0313 e. The molecule has 0 saturated carbocycles. The first-order valence-electron chi connectivity index (χ1n) is 8.53. The number of aryl methyl sites for hydroxylation is 2. The first kappa shape index (κ1) is 16.4. The van der Waals surface area contributed by atoms with Gasteiger partial charge in [0.1, 0.15) is 0 Å². The van der Waals surface area contributed by atoms with Crippen LogP contribution >= 0.6 is 0 Å². The van der Waals surface area contributed by atoms with Crippen molar-refractivity contribution in [1.29, 1.82) is 0 Å². The van der Waals surface area contributed by atoms with E-state index in [0.29, 0.717) is 0 Å². The zero-order valence-corrected chi connectivity index (χ0v) is 13.9. The van der Waals surface area contributed by atoms with E-state index in [1.807, 2.05) is 18.2 Å². The van der Waals surface area contributed by atoms with Crippen LogP contribution in [0.25, 0.3) is 0 Å². The van der Waals surface area contributed by atoms with Crippen molar-refractivity contribution in [2.24, 2.45) is 0 Å². The SMILES string of the molecule is CCCCc1cccc(CCCC)c1C#Cc1ccccc1. The van der Waals surface area contributed by atoms with E-state index in [1.165, 1.54) is 42.4 Å². The van der Waals surface area contributed by atoms with Gasteiger partial charge in [0.05, 0.1) is 0 Å². The normalized spacial score (nSPS) is 10.1. The zero-order valence-electron chi connectivity index (χ0n) is 13.9. The third-order valence-corrected chi connectivity index (χ3v) is 3.94. The van der Waals surface area contributed by atoms with Gasteiger partial charge in [-0.3, -0.25) is 0 Å². The molecule has 2 aromatic carbocycles. The van der Waals surface area contributed by atoms with Gasteiger partial charge in [0.2, 0.25) is 0 Å². The van der Waals surface area contributed by atoms with Crippen LogP contribution in [0.15, 0.2) is 48.5 Å². The summed E-state index contributed by atoms with van der Waals surface area (Å²) in [7, 11) is 0. The highest BCUT2D eigenvalue weighted by Gasteiger charge is 2.06. The summed E-state index contributed by atoms with van der Waals surface area (Å²) in [6, 6.07) is 17.0. The minimum atomic E-state index is 1.09. The van der Waals surface area contributed by atoms with E-state index in [9.17, 15) is 0 Å². The summed E-state index contributed by atoms with van der Waals surface area (Å²) in [4.78, 5) is 0. The van der Waals surface area contributed by atoms with Gasteiger partial charge in [-0.1, -0.05) is 74.9 Å². The molecular formula is C22H26. The summed E-state index contributed by atoms with van der Waals surface area (Å²) in [5, 5.41) is 0. The fourth-order valence-corrected chi connectivity index (χ4v) is 2.62. The molecule has 0 amide bonds. The van der Waals surface area contributed by atoms with Gasteiger partial charge < -0.3 is 0 Å². The fourth-order valence-electron chi connectivity index (χ4n) is 2.62. The highest BCUT2D eigenvalue weighted by atomic mass is 14.1. The van der Waals surface area contributed by atoms with Crippen molar-refractivity contribution in [3.63, 3.8) is 0 Å². The lowest BCUT2D eigenvalue weighted by Crippen LogP contribution is -1.97. The number of hydrogen-bond acceptors (Lipinski definition) is 0. The first-order valence-corrected chi connectivity index (χ1v) is 8.53. The predicted octanol–water partition coefficient (Wildman–Crippen LogP) is 5.77. The molecule has 0 aliphatic carbocycles. The lowest BCUT2D eigenvalue weighted by Gasteiger charge is -2.10. The lowest BCUT2D eigenvalue weighted by atomic mass is 9.94. The quantitative estimate of drug-likeness (QED) is 0.592. The Bertz CT molecular complexity index is 600. The minimum absolute atomic E-state index is 1.09. The summed E-state index contributed by atoms with van der Waals surface area (Å²) >= 11 is 0. The highest BCUT2D eigenvalue weighted by Crippen LogP contribution is 2.19. The van der Waals surface area contributed by atoms with E-state index < -0.39 is 0 Å². The number of benzene rings is 2. The third kappa shape index (κ3) is 4.78. The van der Waals surface area contributed by atoms with Crippen LogP contribution in [0.1, 0.15) is 61.8 Å². The average molecular weight is 290 g/mol. The maximum atomic E-state index is 3.47. The Morgan fingerprint density at radius 2 is 1.27 bits per heavy atom. The molecule has 0 heterocycles. The van der Waals surface area contributed by atoms with Crippen LogP contribution in [0.4, 0.5) is 0 Å². The Balaban J connectivity index is 2.34. The van der Waals surface area contributed by atoms with Gasteiger partial charge in [0.15, 0.2) is 0 Å². The predicted molar refractivity (Wildman–Crippen MR) is 96.1 cm³/mol. The van der Waals surface area contributed by atoms with Gasteiger partial charge in [0.25, 0.3) is 0 Å². The Morgan fingerprint density at radius 1 is 0.682 bits per heavy atom. The molecule has 0 saturated heterocycles. The van der Waals surface area contributed by atoms with Crippen LogP contribution in [0.2, 0.25) is 0 Å². The van der Waals surface area contributed by atoms with Crippen molar-refractivity contribution < 1.29 is 0 Å². The summed E-state index contributed by atoms with van der Waals surface area (Å²) in [5.74, 6) is 6.81. The van der Waals surface area contributed by atoms with E-state index >= 15 is 0 Å². The third-order valence-electron chi connectivity index (χ3n) is 3.94. The second kappa shape index (κ2) is 9.11. The number of unbranched alkanes of at least 4 members (excludes halogenated alkanes) is 2. The molecule has 0 fully saturated rings. The second-order valence-electron chi connectivity index (χ2n) is 5.77.